The molecule has 1 saturated heterocycles. The number of aliphatic hydroxyl groups is 1. The summed E-state index contributed by atoms with van der Waals surface area (Å²) in [5.74, 6) is 0.970. The number of nitrogens with one attached hydrogen (secondary N) is 1. The number of ether oxygens (including phenoxy) is 1. The highest BCUT2D eigenvalue weighted by Crippen LogP contribution is 2.23. The van der Waals surface area contributed by atoms with Crippen LogP contribution in [0.15, 0.2) is 18.3 Å². The number of pyridine rings is 1. The van der Waals surface area contributed by atoms with Crippen LogP contribution < -0.4 is 10.2 Å². The molecule has 0 bridgehead atoms. The maximum Gasteiger partial charge on any atom is 0.128 e. The van der Waals surface area contributed by atoms with Gasteiger partial charge in [0.25, 0.3) is 0 Å². The third kappa shape index (κ3) is 3.89. The largest absolute Gasteiger partial charge is 0.394 e. The fourth-order valence-electron chi connectivity index (χ4n) is 2.43. The lowest BCUT2D eigenvalue weighted by molar-refractivity contribution is 0.199. The minimum absolute atomic E-state index is 0.210. The van der Waals surface area contributed by atoms with Crippen LogP contribution in [0.5, 0.6) is 0 Å². The predicted octanol–water partition coefficient (Wildman–Crippen LogP) is 0.779. The highest BCUT2D eigenvalue weighted by Gasteiger charge is 2.24. The highest BCUT2D eigenvalue weighted by atomic mass is 16.5. The summed E-state index contributed by atoms with van der Waals surface area (Å²) in [5.41, 5.74) is 1.17. The molecule has 2 rings (SSSR count). The molecule has 2 N–H and O–H groups in total. The van der Waals surface area contributed by atoms with E-state index in [1.165, 1.54) is 5.56 Å². The van der Waals surface area contributed by atoms with E-state index in [0.29, 0.717) is 0 Å². The number of aliphatic hydroxyl groups excluding tert-OH is 1. The molecule has 1 fully saturated rings. The molecule has 1 unspecified atom stereocenters. The Bertz CT molecular complexity index is 369. The number of aromatic nitrogens is 1. The molecule has 1 atom stereocenters. The summed E-state index contributed by atoms with van der Waals surface area (Å²) in [6.07, 6.45) is 4.09. The monoisotopic (exact) mass is 265 g/mol. The van der Waals surface area contributed by atoms with Crippen molar-refractivity contribution in [2.45, 2.75) is 25.4 Å². The predicted molar refractivity (Wildman–Crippen MR) is 75.3 cm³/mol. The second kappa shape index (κ2) is 7.43. The normalized spacial score (nSPS) is 19.1. The first-order valence-electron chi connectivity index (χ1n) is 6.87. The third-order valence-electron chi connectivity index (χ3n) is 3.50. The first-order valence-corrected chi connectivity index (χ1v) is 6.87. The van der Waals surface area contributed by atoms with Crippen LogP contribution in [0.1, 0.15) is 18.4 Å². The number of nitrogens with zero attached hydrogens (tertiary/aromatic N) is 2. The van der Waals surface area contributed by atoms with E-state index in [1.807, 2.05) is 12.3 Å². The van der Waals surface area contributed by atoms with Crippen LogP contribution in [-0.4, -0.2) is 49.5 Å². The maximum atomic E-state index is 9.33. The Kier molecular flexibility index (Phi) is 5.57. The van der Waals surface area contributed by atoms with Gasteiger partial charge in [-0.25, -0.2) is 4.98 Å². The van der Waals surface area contributed by atoms with Crippen LogP contribution in [-0.2, 0) is 11.3 Å². The van der Waals surface area contributed by atoms with Gasteiger partial charge in [-0.05, 0) is 24.5 Å². The second-order valence-electron chi connectivity index (χ2n) is 4.87. The number of rotatable bonds is 7. The van der Waals surface area contributed by atoms with Crippen molar-refractivity contribution in [1.82, 2.24) is 10.3 Å². The number of hydrogen-bond acceptors (Lipinski definition) is 5. The Labute approximate surface area is 114 Å². The van der Waals surface area contributed by atoms with E-state index in [0.717, 1.165) is 44.9 Å². The van der Waals surface area contributed by atoms with E-state index < -0.39 is 0 Å². The van der Waals surface area contributed by atoms with Gasteiger partial charge in [0, 0.05) is 32.9 Å². The molecule has 5 heteroatoms. The standard InChI is InChI=1S/C14H23N3O2/c1-19-8-6-15-9-12-4-5-14(16-10-12)17-7-2-3-13(17)11-18/h4-5,10,13,15,18H,2-3,6-9,11H2,1H3. The van der Waals surface area contributed by atoms with Crippen LogP contribution in [0.2, 0.25) is 0 Å². The number of anilines is 1. The molecule has 0 aromatic carbocycles. The molecule has 19 heavy (non-hydrogen) atoms. The molecular weight excluding hydrogens is 242 g/mol. The molecule has 0 spiro atoms. The molecule has 1 aliphatic heterocycles. The van der Waals surface area contributed by atoms with Crippen molar-refractivity contribution in [3.8, 4) is 0 Å². The molecule has 1 aliphatic rings. The zero-order chi connectivity index (χ0) is 13.5. The summed E-state index contributed by atoms with van der Waals surface area (Å²) < 4.78 is 4.98. The number of hydrogen-bond donors (Lipinski definition) is 2. The van der Waals surface area contributed by atoms with Crippen molar-refractivity contribution >= 4 is 5.82 Å². The summed E-state index contributed by atoms with van der Waals surface area (Å²) in [5, 5.41) is 12.6. The Morgan fingerprint density at radius 2 is 2.42 bits per heavy atom. The Morgan fingerprint density at radius 1 is 1.53 bits per heavy atom. The Balaban J connectivity index is 1.87. The van der Waals surface area contributed by atoms with E-state index in [1.54, 1.807) is 7.11 Å². The molecule has 0 aliphatic carbocycles. The van der Waals surface area contributed by atoms with Gasteiger partial charge in [-0.15, -0.1) is 0 Å². The first-order chi connectivity index (χ1) is 9.35. The molecule has 0 radical (unpaired) electrons. The molecular formula is C14H23N3O2. The van der Waals surface area contributed by atoms with E-state index in [9.17, 15) is 5.11 Å². The average molecular weight is 265 g/mol. The van der Waals surface area contributed by atoms with Crippen molar-refractivity contribution in [1.29, 1.82) is 0 Å². The molecule has 1 aromatic rings. The van der Waals surface area contributed by atoms with Gasteiger partial charge < -0.3 is 20.1 Å². The van der Waals surface area contributed by atoms with Crippen molar-refractivity contribution in [2.75, 3.05) is 38.3 Å². The Hall–Kier alpha value is -1.17. The summed E-state index contributed by atoms with van der Waals surface area (Å²) in [6, 6.07) is 4.37. The summed E-state index contributed by atoms with van der Waals surface area (Å²) in [6.45, 7) is 3.57. The Morgan fingerprint density at radius 3 is 3.11 bits per heavy atom. The van der Waals surface area contributed by atoms with Crippen molar-refractivity contribution in [3.05, 3.63) is 23.9 Å². The summed E-state index contributed by atoms with van der Waals surface area (Å²) in [4.78, 5) is 6.70. The van der Waals surface area contributed by atoms with Crippen molar-refractivity contribution in [3.63, 3.8) is 0 Å². The maximum absolute atomic E-state index is 9.33. The van der Waals surface area contributed by atoms with Gasteiger partial charge in [0.2, 0.25) is 0 Å². The zero-order valence-electron chi connectivity index (χ0n) is 11.5. The minimum Gasteiger partial charge on any atom is -0.394 e. The van der Waals surface area contributed by atoms with Gasteiger partial charge in [-0.3, -0.25) is 0 Å². The van der Waals surface area contributed by atoms with Crippen molar-refractivity contribution < 1.29 is 9.84 Å². The summed E-state index contributed by atoms with van der Waals surface area (Å²) in [7, 11) is 1.70. The zero-order valence-corrected chi connectivity index (χ0v) is 11.5. The fraction of sp³-hybridized carbons (Fsp3) is 0.643. The molecule has 106 valence electrons. The minimum atomic E-state index is 0.210. The van der Waals surface area contributed by atoms with Crippen LogP contribution in [0, 0.1) is 0 Å². The van der Waals surface area contributed by atoms with Gasteiger partial charge in [-0.1, -0.05) is 6.07 Å². The lowest BCUT2D eigenvalue weighted by atomic mass is 10.2. The smallest absolute Gasteiger partial charge is 0.128 e. The average Bonchev–Trinajstić information content (AvgIpc) is 2.93. The van der Waals surface area contributed by atoms with Gasteiger partial charge >= 0.3 is 0 Å². The summed E-state index contributed by atoms with van der Waals surface area (Å²) >= 11 is 0. The lowest BCUT2D eigenvalue weighted by Crippen LogP contribution is -2.32. The third-order valence-corrected chi connectivity index (χ3v) is 3.50. The molecule has 0 amide bonds. The van der Waals surface area contributed by atoms with E-state index in [2.05, 4.69) is 21.3 Å². The molecule has 0 saturated carbocycles. The van der Waals surface area contributed by atoms with Gasteiger partial charge in [0.1, 0.15) is 5.82 Å². The van der Waals surface area contributed by atoms with Gasteiger partial charge in [-0.2, -0.15) is 0 Å². The number of methoxy groups -OCH3 is 1. The van der Waals surface area contributed by atoms with E-state index in [-0.39, 0.29) is 12.6 Å². The van der Waals surface area contributed by atoms with E-state index in [4.69, 9.17) is 4.74 Å². The molecule has 5 nitrogen and oxygen atoms in total. The van der Waals surface area contributed by atoms with Crippen LogP contribution >= 0.6 is 0 Å². The van der Waals surface area contributed by atoms with Gasteiger partial charge in [0.05, 0.1) is 19.3 Å². The van der Waals surface area contributed by atoms with Gasteiger partial charge in [0.15, 0.2) is 0 Å². The topological polar surface area (TPSA) is 57.6 Å². The highest BCUT2D eigenvalue weighted by molar-refractivity contribution is 5.41. The van der Waals surface area contributed by atoms with E-state index >= 15 is 0 Å². The molecule has 2 heterocycles. The van der Waals surface area contributed by atoms with Crippen LogP contribution in [0.3, 0.4) is 0 Å². The second-order valence-corrected chi connectivity index (χ2v) is 4.87. The van der Waals surface area contributed by atoms with Crippen LogP contribution in [0.25, 0.3) is 0 Å². The SMILES string of the molecule is COCCNCc1ccc(N2CCCC2CO)nc1. The molecule has 1 aromatic heterocycles. The first kappa shape index (κ1) is 14.2. The van der Waals surface area contributed by atoms with Crippen LogP contribution in [0.4, 0.5) is 5.82 Å². The fourth-order valence-corrected chi connectivity index (χ4v) is 2.43. The lowest BCUT2D eigenvalue weighted by Gasteiger charge is -2.24. The van der Waals surface area contributed by atoms with Crippen molar-refractivity contribution in [2.24, 2.45) is 0 Å². The quantitative estimate of drug-likeness (QED) is 0.714.